The van der Waals surface area contributed by atoms with E-state index in [1.165, 1.54) is 5.56 Å². The van der Waals surface area contributed by atoms with E-state index in [1.54, 1.807) is 0 Å². The van der Waals surface area contributed by atoms with Gasteiger partial charge in [0.15, 0.2) is 0 Å². The van der Waals surface area contributed by atoms with Crippen LogP contribution < -0.4 is 5.32 Å². The highest BCUT2D eigenvalue weighted by Crippen LogP contribution is 2.12. The van der Waals surface area contributed by atoms with Crippen LogP contribution in [0.4, 0.5) is 0 Å². The van der Waals surface area contributed by atoms with E-state index in [0.717, 1.165) is 28.9 Å². The van der Waals surface area contributed by atoms with Crippen molar-refractivity contribution in [1.29, 1.82) is 0 Å². The number of hydrogen-bond acceptors (Lipinski definition) is 3. The number of aryl methyl sites for hydroxylation is 1. The molecule has 0 bridgehead atoms. The topological polar surface area (TPSA) is 38.1 Å². The Balaban J connectivity index is 1.81. The van der Waals surface area contributed by atoms with Crippen LogP contribution in [-0.2, 0) is 13.0 Å². The van der Waals surface area contributed by atoms with Crippen molar-refractivity contribution in [1.82, 2.24) is 10.5 Å². The van der Waals surface area contributed by atoms with Crippen LogP contribution in [0.2, 0.25) is 0 Å². The maximum Gasteiger partial charge on any atom is 0.133 e. The van der Waals surface area contributed by atoms with Crippen molar-refractivity contribution >= 4 is 15.9 Å². The lowest BCUT2D eigenvalue weighted by molar-refractivity contribution is 0.386. The summed E-state index contributed by atoms with van der Waals surface area (Å²) in [7, 11) is 0. The number of aromatic nitrogens is 1. The van der Waals surface area contributed by atoms with Gasteiger partial charge in [0.25, 0.3) is 0 Å². The van der Waals surface area contributed by atoms with Crippen LogP contribution in [-0.4, -0.2) is 11.2 Å². The summed E-state index contributed by atoms with van der Waals surface area (Å²) in [5.74, 6) is 0.854. The van der Waals surface area contributed by atoms with Crippen LogP contribution in [0.1, 0.15) is 23.9 Å². The van der Waals surface area contributed by atoms with Gasteiger partial charge in [0.05, 0.1) is 5.69 Å². The van der Waals surface area contributed by atoms with E-state index in [-0.39, 0.29) is 0 Å². The first-order valence-corrected chi connectivity index (χ1v) is 6.83. The molecule has 96 valence electrons. The first-order chi connectivity index (χ1) is 8.63. The van der Waals surface area contributed by atoms with Crippen molar-refractivity contribution in [3.8, 4) is 0 Å². The zero-order chi connectivity index (χ0) is 13.0. The Morgan fingerprint density at radius 2 is 2.06 bits per heavy atom. The molecule has 3 nitrogen and oxygen atoms in total. The molecule has 0 amide bonds. The second-order valence-electron chi connectivity index (χ2n) is 4.54. The fourth-order valence-corrected chi connectivity index (χ4v) is 2.09. The molecule has 2 rings (SSSR count). The highest BCUT2D eigenvalue weighted by Gasteiger charge is 2.05. The van der Waals surface area contributed by atoms with Gasteiger partial charge in [-0.3, -0.25) is 0 Å². The maximum absolute atomic E-state index is 5.03. The summed E-state index contributed by atoms with van der Waals surface area (Å²) in [6.07, 6.45) is 1.00. The molecular weight excluding hydrogens is 292 g/mol. The van der Waals surface area contributed by atoms with Gasteiger partial charge in [0.1, 0.15) is 5.76 Å². The van der Waals surface area contributed by atoms with E-state index < -0.39 is 0 Å². The fourth-order valence-electron chi connectivity index (χ4n) is 1.83. The van der Waals surface area contributed by atoms with Crippen molar-refractivity contribution < 1.29 is 4.52 Å². The first kappa shape index (κ1) is 13.3. The molecule has 1 aromatic heterocycles. The summed E-state index contributed by atoms with van der Waals surface area (Å²) in [4.78, 5) is 0. The number of nitrogens with zero attached hydrogens (tertiary/aromatic N) is 1. The molecule has 0 radical (unpaired) electrons. The van der Waals surface area contributed by atoms with Gasteiger partial charge < -0.3 is 9.84 Å². The Morgan fingerprint density at radius 3 is 2.67 bits per heavy atom. The average Bonchev–Trinajstić information content (AvgIpc) is 2.76. The Labute approximate surface area is 116 Å². The molecule has 1 atom stereocenters. The Bertz CT molecular complexity index is 493. The Hall–Kier alpha value is -1.13. The lowest BCUT2D eigenvalue weighted by atomic mass is 10.1. The van der Waals surface area contributed by atoms with Gasteiger partial charge in [-0.25, -0.2) is 0 Å². The third-order valence-electron chi connectivity index (χ3n) is 2.76. The quantitative estimate of drug-likeness (QED) is 0.919. The summed E-state index contributed by atoms with van der Waals surface area (Å²) >= 11 is 3.44. The molecule has 0 saturated carbocycles. The molecule has 0 aliphatic heterocycles. The number of halogens is 1. The number of nitrogens with one attached hydrogen (secondary N) is 1. The van der Waals surface area contributed by atoms with Gasteiger partial charge in [0.2, 0.25) is 0 Å². The monoisotopic (exact) mass is 308 g/mol. The molecule has 2 aromatic rings. The molecule has 1 aromatic carbocycles. The highest BCUT2D eigenvalue weighted by molar-refractivity contribution is 9.10. The molecule has 0 aliphatic carbocycles. The Kier molecular flexibility index (Phi) is 4.55. The third-order valence-corrected chi connectivity index (χ3v) is 3.29. The number of rotatable bonds is 5. The summed E-state index contributed by atoms with van der Waals surface area (Å²) < 4.78 is 6.15. The zero-order valence-electron chi connectivity index (χ0n) is 10.6. The van der Waals surface area contributed by atoms with Crippen LogP contribution in [0.15, 0.2) is 39.3 Å². The fraction of sp³-hybridized carbons (Fsp3) is 0.357. The molecule has 1 N–H and O–H groups in total. The highest BCUT2D eigenvalue weighted by atomic mass is 79.9. The molecule has 4 heteroatoms. The molecule has 1 unspecified atom stereocenters. The van der Waals surface area contributed by atoms with Gasteiger partial charge in [-0.05, 0) is 38.0 Å². The van der Waals surface area contributed by atoms with Crippen molar-refractivity contribution in [2.45, 2.75) is 32.9 Å². The Morgan fingerprint density at radius 1 is 1.33 bits per heavy atom. The minimum atomic E-state index is 0.406. The van der Waals surface area contributed by atoms with E-state index in [1.807, 2.05) is 13.0 Å². The van der Waals surface area contributed by atoms with E-state index in [2.05, 4.69) is 57.6 Å². The van der Waals surface area contributed by atoms with Crippen LogP contribution in [0, 0.1) is 6.92 Å². The molecule has 0 aliphatic rings. The SMILES string of the molecule is Cc1cc(CNC(C)Cc2ccc(Br)cc2)no1. The molecule has 1 heterocycles. The van der Waals surface area contributed by atoms with E-state index >= 15 is 0 Å². The lowest BCUT2D eigenvalue weighted by Gasteiger charge is -2.12. The van der Waals surface area contributed by atoms with Crippen LogP contribution in [0.5, 0.6) is 0 Å². The standard InChI is InChI=1S/C14H17BrN2O/c1-10(7-12-3-5-13(15)6-4-12)16-9-14-8-11(2)18-17-14/h3-6,8,10,16H,7,9H2,1-2H3. The summed E-state index contributed by atoms with van der Waals surface area (Å²) in [5, 5.41) is 7.40. The summed E-state index contributed by atoms with van der Waals surface area (Å²) in [5.41, 5.74) is 2.28. The van der Waals surface area contributed by atoms with E-state index in [9.17, 15) is 0 Å². The number of benzene rings is 1. The maximum atomic E-state index is 5.03. The van der Waals surface area contributed by atoms with Crippen LogP contribution in [0.25, 0.3) is 0 Å². The smallest absolute Gasteiger partial charge is 0.133 e. The summed E-state index contributed by atoms with van der Waals surface area (Å²) in [6.45, 7) is 4.83. The van der Waals surface area contributed by atoms with Gasteiger partial charge in [-0.1, -0.05) is 33.2 Å². The lowest BCUT2D eigenvalue weighted by Crippen LogP contribution is -2.27. The van der Waals surface area contributed by atoms with Crippen molar-refractivity contribution in [3.05, 3.63) is 51.8 Å². The van der Waals surface area contributed by atoms with Gasteiger partial charge in [0, 0.05) is 23.1 Å². The minimum absolute atomic E-state index is 0.406. The molecule has 0 fully saturated rings. The first-order valence-electron chi connectivity index (χ1n) is 6.03. The van der Waals surface area contributed by atoms with Gasteiger partial charge in [-0.15, -0.1) is 0 Å². The van der Waals surface area contributed by atoms with Crippen LogP contribution in [0.3, 0.4) is 0 Å². The van der Waals surface area contributed by atoms with Gasteiger partial charge >= 0.3 is 0 Å². The molecule has 18 heavy (non-hydrogen) atoms. The molecule has 0 spiro atoms. The zero-order valence-corrected chi connectivity index (χ0v) is 12.2. The normalized spacial score (nSPS) is 12.6. The van der Waals surface area contributed by atoms with Crippen LogP contribution >= 0.6 is 15.9 Å². The second-order valence-corrected chi connectivity index (χ2v) is 5.46. The predicted molar refractivity (Wildman–Crippen MR) is 75.4 cm³/mol. The van der Waals surface area contributed by atoms with Gasteiger partial charge in [-0.2, -0.15) is 0 Å². The van der Waals surface area contributed by atoms with E-state index in [0.29, 0.717) is 6.04 Å². The van der Waals surface area contributed by atoms with E-state index in [4.69, 9.17) is 4.52 Å². The molecule has 0 saturated heterocycles. The van der Waals surface area contributed by atoms with Crippen molar-refractivity contribution in [3.63, 3.8) is 0 Å². The number of hydrogen-bond donors (Lipinski definition) is 1. The second kappa shape index (κ2) is 6.16. The average molecular weight is 309 g/mol. The largest absolute Gasteiger partial charge is 0.361 e. The minimum Gasteiger partial charge on any atom is -0.361 e. The molecular formula is C14H17BrN2O. The summed E-state index contributed by atoms with van der Waals surface area (Å²) in [6, 6.07) is 10.8. The third kappa shape index (κ3) is 3.96. The van der Waals surface area contributed by atoms with Crippen molar-refractivity contribution in [2.24, 2.45) is 0 Å². The van der Waals surface area contributed by atoms with Crippen molar-refractivity contribution in [2.75, 3.05) is 0 Å². The predicted octanol–water partition coefficient (Wildman–Crippen LogP) is 3.47.